The first-order chi connectivity index (χ1) is 9.15. The molecule has 5 heteroatoms. The molecule has 0 aliphatic heterocycles. The lowest BCUT2D eigenvalue weighted by Crippen LogP contribution is -2.11. The van der Waals surface area contributed by atoms with Gasteiger partial charge in [0, 0.05) is 10.6 Å². The summed E-state index contributed by atoms with van der Waals surface area (Å²) in [6.07, 6.45) is 4.59. The Bertz CT molecular complexity index is 657. The fourth-order valence-corrected chi connectivity index (χ4v) is 4.59. The molecule has 0 bridgehead atoms. The summed E-state index contributed by atoms with van der Waals surface area (Å²) in [4.78, 5) is 22.2. The number of H-pyrrole nitrogens is 1. The van der Waals surface area contributed by atoms with Gasteiger partial charge in [-0.1, -0.05) is 25.6 Å². The van der Waals surface area contributed by atoms with E-state index in [2.05, 4.69) is 23.8 Å². The Labute approximate surface area is 120 Å². The van der Waals surface area contributed by atoms with E-state index in [4.69, 9.17) is 0 Å². The summed E-state index contributed by atoms with van der Waals surface area (Å²) < 4.78 is 0. The van der Waals surface area contributed by atoms with E-state index in [0.29, 0.717) is 5.92 Å². The second kappa shape index (κ2) is 5.29. The molecule has 0 atom stereocenters. The van der Waals surface area contributed by atoms with E-state index >= 15 is 0 Å². The number of nitrogens with zero attached hydrogens (tertiary/aromatic N) is 1. The molecule has 0 spiro atoms. The van der Waals surface area contributed by atoms with Gasteiger partial charge in [-0.2, -0.15) is 0 Å². The molecule has 0 amide bonds. The minimum Gasteiger partial charge on any atom is -0.301 e. The maximum absolute atomic E-state index is 12.3. The van der Waals surface area contributed by atoms with Crippen LogP contribution >= 0.6 is 23.1 Å². The second-order valence-corrected chi connectivity index (χ2v) is 7.56. The highest BCUT2D eigenvalue weighted by atomic mass is 32.2. The topological polar surface area (TPSA) is 45.8 Å². The summed E-state index contributed by atoms with van der Waals surface area (Å²) in [6.45, 7) is 4.35. The van der Waals surface area contributed by atoms with Gasteiger partial charge in [0.25, 0.3) is 5.56 Å². The molecular formula is C14H18N2OS2. The molecule has 0 aromatic carbocycles. The minimum absolute atomic E-state index is 0.0515. The molecule has 0 saturated heterocycles. The normalized spacial score (nSPS) is 15.1. The van der Waals surface area contributed by atoms with Crippen LogP contribution in [0.4, 0.5) is 0 Å². The van der Waals surface area contributed by atoms with Crippen molar-refractivity contribution in [2.24, 2.45) is 5.92 Å². The maximum atomic E-state index is 12.3. The molecule has 0 radical (unpaired) electrons. The van der Waals surface area contributed by atoms with Crippen molar-refractivity contribution in [2.45, 2.75) is 44.7 Å². The molecule has 102 valence electrons. The van der Waals surface area contributed by atoms with Crippen LogP contribution in [0.15, 0.2) is 9.95 Å². The van der Waals surface area contributed by atoms with Crippen LogP contribution in [0.25, 0.3) is 10.2 Å². The van der Waals surface area contributed by atoms with Gasteiger partial charge >= 0.3 is 0 Å². The summed E-state index contributed by atoms with van der Waals surface area (Å²) in [5.74, 6) is 1.59. The third-order valence-electron chi connectivity index (χ3n) is 3.36. The lowest BCUT2D eigenvalue weighted by atomic mass is 9.97. The van der Waals surface area contributed by atoms with Gasteiger partial charge in [-0.15, -0.1) is 11.3 Å². The first-order valence-corrected chi connectivity index (χ1v) is 8.62. The second-order valence-electron chi connectivity index (χ2n) is 5.47. The van der Waals surface area contributed by atoms with Gasteiger partial charge in [0.15, 0.2) is 5.16 Å². The highest BCUT2D eigenvalue weighted by Crippen LogP contribution is 2.34. The Balaban J connectivity index is 2.04. The van der Waals surface area contributed by atoms with Crippen LogP contribution < -0.4 is 5.56 Å². The lowest BCUT2D eigenvalue weighted by molar-refractivity contribution is 0.700. The smallest absolute Gasteiger partial charge is 0.260 e. The number of fused-ring (bicyclic) bond motifs is 3. The largest absolute Gasteiger partial charge is 0.301 e. The average Bonchev–Trinajstić information content (AvgIpc) is 2.74. The fourth-order valence-electron chi connectivity index (χ4n) is 2.46. The van der Waals surface area contributed by atoms with E-state index in [1.807, 2.05) is 0 Å². The summed E-state index contributed by atoms with van der Waals surface area (Å²) in [7, 11) is 0. The van der Waals surface area contributed by atoms with Gasteiger partial charge < -0.3 is 4.98 Å². The first-order valence-electron chi connectivity index (χ1n) is 6.82. The molecule has 1 aliphatic carbocycles. The van der Waals surface area contributed by atoms with E-state index < -0.39 is 0 Å². The molecule has 2 aromatic heterocycles. The maximum Gasteiger partial charge on any atom is 0.260 e. The van der Waals surface area contributed by atoms with Crippen LogP contribution in [0, 0.1) is 5.92 Å². The molecule has 1 N–H and O–H groups in total. The zero-order chi connectivity index (χ0) is 13.4. The lowest BCUT2D eigenvalue weighted by Gasteiger charge is -2.09. The van der Waals surface area contributed by atoms with Crippen molar-refractivity contribution >= 4 is 33.3 Å². The van der Waals surface area contributed by atoms with Crippen molar-refractivity contribution in [3.63, 3.8) is 0 Å². The molecule has 1 aliphatic rings. The number of aryl methyl sites for hydroxylation is 2. The van der Waals surface area contributed by atoms with Crippen LogP contribution in [-0.2, 0) is 12.8 Å². The Hall–Kier alpha value is -0.810. The van der Waals surface area contributed by atoms with Crippen LogP contribution in [0.3, 0.4) is 0 Å². The minimum atomic E-state index is 0.0515. The molecule has 2 aromatic rings. The zero-order valence-corrected chi connectivity index (χ0v) is 12.9. The van der Waals surface area contributed by atoms with Gasteiger partial charge in [-0.3, -0.25) is 4.79 Å². The quantitative estimate of drug-likeness (QED) is 0.695. The fraction of sp³-hybridized carbons (Fsp3) is 0.571. The SMILES string of the molecule is CC(C)CSc1nc2sc3c(c2c(=O)[nH]1)CCCC3. The van der Waals surface area contributed by atoms with E-state index in [-0.39, 0.29) is 5.56 Å². The van der Waals surface area contributed by atoms with Gasteiger partial charge in [-0.25, -0.2) is 4.98 Å². The molecular weight excluding hydrogens is 276 g/mol. The predicted octanol–water partition coefficient (Wildman–Crippen LogP) is 3.61. The van der Waals surface area contributed by atoms with Crippen molar-refractivity contribution in [2.75, 3.05) is 5.75 Å². The average molecular weight is 294 g/mol. The van der Waals surface area contributed by atoms with Gasteiger partial charge in [-0.05, 0) is 37.2 Å². The van der Waals surface area contributed by atoms with E-state index in [1.54, 1.807) is 23.1 Å². The third kappa shape index (κ3) is 2.58. The predicted molar refractivity (Wildman–Crippen MR) is 82.4 cm³/mol. The number of hydrogen-bond donors (Lipinski definition) is 1. The van der Waals surface area contributed by atoms with E-state index in [9.17, 15) is 4.79 Å². The highest BCUT2D eigenvalue weighted by Gasteiger charge is 2.19. The van der Waals surface area contributed by atoms with Crippen LogP contribution in [0.5, 0.6) is 0 Å². The number of nitrogens with one attached hydrogen (secondary N) is 1. The Morgan fingerprint density at radius 2 is 2.16 bits per heavy atom. The summed E-state index contributed by atoms with van der Waals surface area (Å²) in [6, 6.07) is 0. The first kappa shape index (κ1) is 13.2. The summed E-state index contributed by atoms with van der Waals surface area (Å²) in [5, 5.41) is 1.62. The van der Waals surface area contributed by atoms with Crippen molar-refractivity contribution < 1.29 is 0 Å². The number of thioether (sulfide) groups is 1. The molecule has 3 rings (SSSR count). The number of aromatic amines is 1. The molecule has 19 heavy (non-hydrogen) atoms. The Morgan fingerprint density at radius 3 is 2.95 bits per heavy atom. The third-order valence-corrected chi connectivity index (χ3v) is 5.84. The van der Waals surface area contributed by atoms with Gasteiger partial charge in [0.05, 0.1) is 5.39 Å². The van der Waals surface area contributed by atoms with Gasteiger partial charge in [0.2, 0.25) is 0 Å². The number of thiophene rings is 1. The van der Waals surface area contributed by atoms with Crippen LogP contribution in [0.1, 0.15) is 37.1 Å². The van der Waals surface area contributed by atoms with Crippen molar-refractivity contribution in [3.8, 4) is 0 Å². The molecule has 0 unspecified atom stereocenters. The Morgan fingerprint density at radius 1 is 1.37 bits per heavy atom. The highest BCUT2D eigenvalue weighted by molar-refractivity contribution is 7.99. The van der Waals surface area contributed by atoms with E-state index in [1.165, 1.54) is 23.3 Å². The standard InChI is InChI=1S/C14H18N2OS2/c1-8(2)7-18-14-15-12(17)11-9-5-3-4-6-10(9)19-13(11)16-14/h8H,3-7H2,1-2H3,(H,15,16,17). The van der Waals surface area contributed by atoms with E-state index in [0.717, 1.165) is 34.0 Å². The Kier molecular flexibility index (Phi) is 3.67. The monoisotopic (exact) mass is 294 g/mol. The molecule has 2 heterocycles. The molecule has 0 fully saturated rings. The van der Waals surface area contributed by atoms with Crippen LogP contribution in [0.2, 0.25) is 0 Å². The summed E-state index contributed by atoms with van der Waals surface area (Å²) in [5.41, 5.74) is 1.32. The molecule has 3 nitrogen and oxygen atoms in total. The van der Waals surface area contributed by atoms with Crippen LogP contribution in [-0.4, -0.2) is 15.7 Å². The number of aromatic nitrogens is 2. The number of rotatable bonds is 3. The summed E-state index contributed by atoms with van der Waals surface area (Å²) >= 11 is 3.36. The van der Waals surface area contributed by atoms with Gasteiger partial charge in [0.1, 0.15) is 4.83 Å². The van der Waals surface area contributed by atoms with Crippen molar-refractivity contribution in [3.05, 3.63) is 20.8 Å². The number of hydrogen-bond acceptors (Lipinski definition) is 4. The van der Waals surface area contributed by atoms with Crippen molar-refractivity contribution in [1.29, 1.82) is 0 Å². The zero-order valence-electron chi connectivity index (χ0n) is 11.3. The molecule has 0 saturated carbocycles. The van der Waals surface area contributed by atoms with Crippen molar-refractivity contribution in [1.82, 2.24) is 9.97 Å².